The molecule has 0 aromatic heterocycles. The molecule has 21 heavy (non-hydrogen) atoms. The highest BCUT2D eigenvalue weighted by Crippen LogP contribution is 2.24. The van der Waals surface area contributed by atoms with Gasteiger partial charge in [-0.15, -0.1) is 0 Å². The number of hydrogen-bond donors (Lipinski definition) is 2. The topological polar surface area (TPSA) is 66.4 Å². The van der Waals surface area contributed by atoms with Crippen LogP contribution in [0.1, 0.15) is 32.8 Å². The van der Waals surface area contributed by atoms with Crippen LogP contribution < -0.4 is 5.32 Å². The number of benzene rings is 1. The van der Waals surface area contributed by atoms with Crippen LogP contribution in [0.5, 0.6) is 0 Å². The zero-order chi connectivity index (χ0) is 16.3. The summed E-state index contributed by atoms with van der Waals surface area (Å²) in [4.78, 5) is 0.229. The molecule has 0 radical (unpaired) electrons. The molecule has 0 aliphatic carbocycles. The predicted octanol–water partition coefficient (Wildman–Crippen LogP) is 2.63. The van der Waals surface area contributed by atoms with Crippen molar-refractivity contribution < 1.29 is 13.5 Å². The lowest BCUT2D eigenvalue weighted by molar-refractivity contribution is 0.119. The van der Waals surface area contributed by atoms with E-state index in [1.807, 2.05) is 0 Å². The summed E-state index contributed by atoms with van der Waals surface area (Å²) in [6, 6.07) is 4.83. The molecule has 0 bridgehead atoms. The number of rotatable bonds is 6. The van der Waals surface area contributed by atoms with Gasteiger partial charge in [-0.25, -0.2) is 8.42 Å². The lowest BCUT2D eigenvalue weighted by atomic mass is 9.89. The molecule has 0 spiro atoms. The minimum atomic E-state index is -3.32. The number of sulfone groups is 1. The van der Waals surface area contributed by atoms with Crippen LogP contribution in [0.3, 0.4) is 0 Å². The second-order valence-electron chi connectivity index (χ2n) is 6.54. The van der Waals surface area contributed by atoms with E-state index in [1.165, 1.54) is 0 Å². The summed E-state index contributed by atoms with van der Waals surface area (Å²) in [7, 11) is -3.32. The van der Waals surface area contributed by atoms with E-state index in [-0.39, 0.29) is 10.3 Å². The van der Waals surface area contributed by atoms with E-state index in [9.17, 15) is 13.5 Å². The summed E-state index contributed by atoms with van der Waals surface area (Å²) >= 11 is 6.09. The summed E-state index contributed by atoms with van der Waals surface area (Å²) < 4.78 is 23.5. The molecule has 6 heteroatoms. The number of nitrogens with one attached hydrogen (secondary N) is 1. The van der Waals surface area contributed by atoms with E-state index >= 15 is 0 Å². The molecule has 1 aromatic rings. The van der Waals surface area contributed by atoms with Gasteiger partial charge in [0, 0.05) is 29.9 Å². The number of aliphatic hydroxyl groups excluding tert-OH is 1. The van der Waals surface area contributed by atoms with E-state index < -0.39 is 15.9 Å². The van der Waals surface area contributed by atoms with E-state index in [0.717, 1.165) is 6.26 Å². The van der Waals surface area contributed by atoms with E-state index in [0.29, 0.717) is 30.1 Å². The van der Waals surface area contributed by atoms with Crippen LogP contribution in [0.25, 0.3) is 0 Å². The van der Waals surface area contributed by atoms with E-state index in [2.05, 4.69) is 26.1 Å². The molecule has 0 aliphatic rings. The Labute approximate surface area is 132 Å². The zero-order valence-electron chi connectivity index (χ0n) is 13.0. The molecule has 0 aliphatic heterocycles. The first-order valence-electron chi connectivity index (χ1n) is 6.87. The van der Waals surface area contributed by atoms with E-state index in [4.69, 9.17) is 11.6 Å². The summed E-state index contributed by atoms with van der Waals surface area (Å²) in [6.07, 6.45) is 1.35. The van der Waals surface area contributed by atoms with Gasteiger partial charge in [-0.1, -0.05) is 38.4 Å². The van der Waals surface area contributed by atoms with Gasteiger partial charge in [0.1, 0.15) is 0 Å². The third kappa shape index (κ3) is 6.34. The van der Waals surface area contributed by atoms with Gasteiger partial charge in [0.05, 0.1) is 11.0 Å². The van der Waals surface area contributed by atoms with Gasteiger partial charge in [0.25, 0.3) is 0 Å². The van der Waals surface area contributed by atoms with Crippen LogP contribution >= 0.6 is 11.6 Å². The van der Waals surface area contributed by atoms with Crippen molar-refractivity contribution in [2.24, 2.45) is 5.41 Å². The molecule has 0 fully saturated rings. The fourth-order valence-electron chi connectivity index (χ4n) is 2.20. The number of halogens is 1. The monoisotopic (exact) mass is 333 g/mol. The average molecular weight is 334 g/mol. The van der Waals surface area contributed by atoms with Gasteiger partial charge in [0.2, 0.25) is 0 Å². The third-order valence-corrected chi connectivity index (χ3v) is 4.54. The predicted molar refractivity (Wildman–Crippen MR) is 86.3 cm³/mol. The summed E-state index contributed by atoms with van der Waals surface area (Å²) in [5, 5.41) is 13.4. The fourth-order valence-corrected chi connectivity index (χ4v) is 3.45. The molecule has 1 aromatic carbocycles. The highest BCUT2D eigenvalue weighted by molar-refractivity contribution is 7.90. The van der Waals surface area contributed by atoms with Gasteiger partial charge < -0.3 is 10.4 Å². The van der Waals surface area contributed by atoms with Crippen molar-refractivity contribution in [3.05, 3.63) is 28.8 Å². The van der Waals surface area contributed by atoms with Crippen LogP contribution in [0.4, 0.5) is 0 Å². The number of aliphatic hydroxyl groups is 1. The standard InChI is InChI=1S/C15H24ClNO3S/c1-15(2,3)8-11(18)9-17-10-12-13(16)6-5-7-14(12)21(4,19)20/h5-7,11,17-18H,8-10H2,1-4H3. The van der Waals surface area contributed by atoms with Crippen molar-refractivity contribution in [3.63, 3.8) is 0 Å². The Balaban J connectivity index is 2.73. The Morgan fingerprint density at radius 2 is 1.95 bits per heavy atom. The molecule has 0 saturated heterocycles. The maximum atomic E-state index is 11.8. The van der Waals surface area contributed by atoms with Crippen molar-refractivity contribution in [1.82, 2.24) is 5.32 Å². The first-order chi connectivity index (χ1) is 9.50. The summed E-state index contributed by atoms with van der Waals surface area (Å²) in [5.41, 5.74) is 0.591. The Morgan fingerprint density at radius 3 is 2.48 bits per heavy atom. The van der Waals surface area contributed by atoms with Gasteiger partial charge in [-0.3, -0.25) is 0 Å². The lowest BCUT2D eigenvalue weighted by Crippen LogP contribution is -2.30. The zero-order valence-corrected chi connectivity index (χ0v) is 14.6. The summed E-state index contributed by atoms with van der Waals surface area (Å²) in [5.74, 6) is 0. The maximum Gasteiger partial charge on any atom is 0.175 e. The van der Waals surface area contributed by atoms with Crippen molar-refractivity contribution in [1.29, 1.82) is 0 Å². The highest BCUT2D eigenvalue weighted by atomic mass is 35.5. The Bertz CT molecular complexity index is 579. The molecule has 120 valence electrons. The minimum Gasteiger partial charge on any atom is -0.392 e. The molecule has 2 N–H and O–H groups in total. The first kappa shape index (κ1) is 18.4. The Hall–Kier alpha value is -0.620. The van der Waals surface area contributed by atoms with Crippen LogP contribution in [0.15, 0.2) is 23.1 Å². The van der Waals surface area contributed by atoms with Crippen molar-refractivity contribution in [2.45, 2.75) is 44.7 Å². The molecule has 0 saturated carbocycles. The van der Waals surface area contributed by atoms with Gasteiger partial charge in [-0.2, -0.15) is 0 Å². The van der Waals surface area contributed by atoms with Crippen LogP contribution in [-0.4, -0.2) is 32.4 Å². The maximum absolute atomic E-state index is 11.8. The molecule has 1 unspecified atom stereocenters. The second kappa shape index (κ2) is 7.09. The van der Waals surface area contributed by atoms with Crippen LogP contribution in [0, 0.1) is 5.41 Å². The molecular formula is C15H24ClNO3S. The fraction of sp³-hybridized carbons (Fsp3) is 0.600. The average Bonchev–Trinajstić information content (AvgIpc) is 2.27. The quantitative estimate of drug-likeness (QED) is 0.840. The Morgan fingerprint density at radius 1 is 1.33 bits per heavy atom. The SMILES string of the molecule is CC(C)(C)CC(O)CNCc1c(Cl)cccc1S(C)(=O)=O. The molecular weight excluding hydrogens is 310 g/mol. The lowest BCUT2D eigenvalue weighted by Gasteiger charge is -2.22. The molecule has 4 nitrogen and oxygen atoms in total. The van der Waals surface area contributed by atoms with Gasteiger partial charge >= 0.3 is 0 Å². The number of hydrogen-bond acceptors (Lipinski definition) is 4. The molecule has 1 rings (SSSR count). The smallest absolute Gasteiger partial charge is 0.175 e. The molecule has 1 atom stereocenters. The van der Waals surface area contributed by atoms with Gasteiger partial charge in [-0.05, 0) is 24.0 Å². The van der Waals surface area contributed by atoms with Crippen LogP contribution in [-0.2, 0) is 16.4 Å². The summed E-state index contributed by atoms with van der Waals surface area (Å²) in [6.45, 7) is 6.89. The van der Waals surface area contributed by atoms with Crippen molar-refractivity contribution in [2.75, 3.05) is 12.8 Å². The van der Waals surface area contributed by atoms with Crippen molar-refractivity contribution in [3.8, 4) is 0 Å². The molecule has 0 amide bonds. The second-order valence-corrected chi connectivity index (χ2v) is 8.93. The largest absolute Gasteiger partial charge is 0.392 e. The minimum absolute atomic E-state index is 0.0450. The molecule has 0 heterocycles. The Kier molecular flexibility index (Phi) is 6.23. The highest BCUT2D eigenvalue weighted by Gasteiger charge is 2.18. The first-order valence-corrected chi connectivity index (χ1v) is 9.14. The van der Waals surface area contributed by atoms with Crippen molar-refractivity contribution >= 4 is 21.4 Å². The van der Waals surface area contributed by atoms with Crippen LogP contribution in [0.2, 0.25) is 5.02 Å². The van der Waals surface area contributed by atoms with E-state index in [1.54, 1.807) is 18.2 Å². The normalized spacial score (nSPS) is 14.2. The van der Waals surface area contributed by atoms with Gasteiger partial charge in [0.15, 0.2) is 9.84 Å². The third-order valence-electron chi connectivity index (χ3n) is 3.01.